The molecule has 6 nitrogen and oxygen atoms in total. The van der Waals surface area contributed by atoms with Crippen LogP contribution in [0.15, 0.2) is 23.6 Å². The zero-order valence-electron chi connectivity index (χ0n) is 14.7. The highest BCUT2D eigenvalue weighted by atomic mass is 32.1. The van der Waals surface area contributed by atoms with E-state index < -0.39 is 11.5 Å². The molecule has 2 aromatic rings. The number of carbonyl (C=O) groups is 2. The Morgan fingerprint density at radius 2 is 2.08 bits per heavy atom. The number of ether oxygens (including phenoxy) is 1. The van der Waals surface area contributed by atoms with Crippen LogP contribution in [-0.2, 0) is 16.8 Å². The summed E-state index contributed by atoms with van der Waals surface area (Å²) < 4.78 is 6.33. The van der Waals surface area contributed by atoms with Crippen molar-refractivity contribution in [3.05, 3.63) is 45.4 Å². The van der Waals surface area contributed by atoms with Crippen LogP contribution in [0.3, 0.4) is 0 Å². The summed E-state index contributed by atoms with van der Waals surface area (Å²) in [7, 11) is 0. The lowest BCUT2D eigenvalue weighted by atomic mass is 9.89. The van der Waals surface area contributed by atoms with Crippen molar-refractivity contribution in [2.24, 2.45) is 5.73 Å². The Bertz CT molecular complexity index is 873. The minimum atomic E-state index is -1.12. The molecular weight excluding hydrogens is 350 g/mol. The summed E-state index contributed by atoms with van der Waals surface area (Å²) in [5, 5.41) is 2.62. The number of nitrogens with two attached hydrogens (primary N) is 1. The van der Waals surface area contributed by atoms with E-state index in [4.69, 9.17) is 10.5 Å². The average Bonchev–Trinajstić information content (AvgIpc) is 3.32. The maximum absolute atomic E-state index is 13.4. The van der Waals surface area contributed by atoms with Crippen LogP contribution in [0.2, 0.25) is 0 Å². The molecule has 0 radical (unpaired) electrons. The molecule has 0 saturated carbocycles. The molecule has 1 fully saturated rings. The summed E-state index contributed by atoms with van der Waals surface area (Å²) in [6.45, 7) is 3.42. The van der Waals surface area contributed by atoms with E-state index in [9.17, 15) is 9.59 Å². The van der Waals surface area contributed by atoms with Crippen molar-refractivity contribution in [3.8, 4) is 5.75 Å². The van der Waals surface area contributed by atoms with Gasteiger partial charge in [0.1, 0.15) is 10.8 Å². The second-order valence-corrected chi connectivity index (χ2v) is 7.77. The van der Waals surface area contributed by atoms with Crippen LogP contribution in [0, 0.1) is 6.92 Å². The first-order valence-electron chi connectivity index (χ1n) is 8.83. The fourth-order valence-corrected chi connectivity index (χ4v) is 4.62. The zero-order valence-corrected chi connectivity index (χ0v) is 15.5. The van der Waals surface area contributed by atoms with Crippen LogP contribution < -0.4 is 10.5 Å². The fraction of sp³-hybridized carbons (Fsp3) is 0.421. The third-order valence-electron chi connectivity index (χ3n) is 5.09. The van der Waals surface area contributed by atoms with Gasteiger partial charge in [-0.05, 0) is 43.9 Å². The monoisotopic (exact) mass is 371 g/mol. The van der Waals surface area contributed by atoms with Gasteiger partial charge in [0.2, 0.25) is 11.5 Å². The van der Waals surface area contributed by atoms with Gasteiger partial charge in [-0.25, -0.2) is 4.98 Å². The molecule has 1 unspecified atom stereocenters. The van der Waals surface area contributed by atoms with Gasteiger partial charge in [-0.15, -0.1) is 11.3 Å². The molecule has 0 aliphatic carbocycles. The number of benzene rings is 1. The second-order valence-electron chi connectivity index (χ2n) is 6.91. The van der Waals surface area contributed by atoms with E-state index in [0.717, 1.165) is 37.2 Å². The van der Waals surface area contributed by atoms with Crippen molar-refractivity contribution in [1.82, 2.24) is 9.88 Å². The number of nitrogens with zero attached hydrogens (tertiary/aromatic N) is 2. The van der Waals surface area contributed by atoms with E-state index in [2.05, 4.69) is 4.98 Å². The van der Waals surface area contributed by atoms with E-state index in [1.54, 1.807) is 12.1 Å². The lowest BCUT2D eigenvalue weighted by molar-refractivity contribution is -0.150. The lowest BCUT2D eigenvalue weighted by Crippen LogP contribution is -2.51. The highest BCUT2D eigenvalue weighted by Crippen LogP contribution is 2.43. The molecule has 1 atom stereocenters. The number of aromatic nitrogens is 1. The number of primary amides is 1. The molecule has 2 aliphatic heterocycles. The van der Waals surface area contributed by atoms with E-state index in [1.807, 2.05) is 23.3 Å². The first-order chi connectivity index (χ1) is 12.5. The molecular formula is C19H21N3O3S. The Kier molecular flexibility index (Phi) is 4.19. The molecule has 2 N–H and O–H groups in total. The van der Waals surface area contributed by atoms with Gasteiger partial charge in [-0.2, -0.15) is 0 Å². The summed E-state index contributed by atoms with van der Waals surface area (Å²) in [5.74, 6) is 0.0102. The van der Waals surface area contributed by atoms with Crippen molar-refractivity contribution in [3.63, 3.8) is 0 Å². The van der Waals surface area contributed by atoms with E-state index >= 15 is 0 Å². The first-order valence-corrected chi connectivity index (χ1v) is 9.71. The van der Waals surface area contributed by atoms with Crippen LogP contribution in [-0.4, -0.2) is 34.8 Å². The molecule has 1 aromatic carbocycles. The molecule has 26 heavy (non-hydrogen) atoms. The number of rotatable bonds is 3. The Morgan fingerprint density at radius 1 is 1.31 bits per heavy atom. The van der Waals surface area contributed by atoms with Crippen molar-refractivity contribution in [1.29, 1.82) is 0 Å². The summed E-state index contributed by atoms with van der Waals surface area (Å²) in [4.78, 5) is 31.4. The number of fused-ring (bicyclic) bond motifs is 1. The minimum absolute atomic E-state index is 0.0283. The van der Waals surface area contributed by atoms with Gasteiger partial charge < -0.3 is 15.4 Å². The quantitative estimate of drug-likeness (QED) is 0.898. The Hall–Kier alpha value is -2.41. The van der Waals surface area contributed by atoms with E-state index in [-0.39, 0.29) is 5.91 Å². The minimum Gasteiger partial charge on any atom is -0.470 e. The fourth-order valence-electron chi connectivity index (χ4n) is 3.67. The molecule has 3 heterocycles. The maximum atomic E-state index is 13.4. The molecule has 4 rings (SSSR count). The summed E-state index contributed by atoms with van der Waals surface area (Å²) >= 11 is 1.45. The predicted molar refractivity (Wildman–Crippen MR) is 98.3 cm³/mol. The van der Waals surface area contributed by atoms with Crippen LogP contribution in [0.5, 0.6) is 5.75 Å². The maximum Gasteiger partial charge on any atom is 0.274 e. The van der Waals surface area contributed by atoms with Gasteiger partial charge in [0.05, 0.1) is 0 Å². The van der Waals surface area contributed by atoms with Gasteiger partial charge >= 0.3 is 0 Å². The number of carbonyl (C=O) groups excluding carboxylic acids is 2. The van der Waals surface area contributed by atoms with Crippen LogP contribution in [0.1, 0.15) is 45.9 Å². The first kappa shape index (κ1) is 17.0. The highest BCUT2D eigenvalue weighted by Gasteiger charge is 2.50. The van der Waals surface area contributed by atoms with E-state index in [0.29, 0.717) is 29.2 Å². The second kappa shape index (κ2) is 6.39. The largest absolute Gasteiger partial charge is 0.470 e. The van der Waals surface area contributed by atoms with Crippen molar-refractivity contribution >= 4 is 23.2 Å². The molecule has 1 aromatic heterocycles. The van der Waals surface area contributed by atoms with Gasteiger partial charge in [-0.3, -0.25) is 9.59 Å². The number of thiazole rings is 1. The zero-order chi connectivity index (χ0) is 18.3. The Labute approximate surface area is 156 Å². The average molecular weight is 371 g/mol. The number of amides is 2. The SMILES string of the molecule is Cc1csc(C2(C(=O)N3CCCC3)CCc3ccc(C(N)=O)cc3O2)n1. The van der Waals surface area contributed by atoms with Gasteiger partial charge in [0, 0.05) is 36.1 Å². The predicted octanol–water partition coefficient (Wildman–Crippen LogP) is 2.39. The van der Waals surface area contributed by atoms with Crippen molar-refractivity contribution in [2.75, 3.05) is 13.1 Å². The smallest absolute Gasteiger partial charge is 0.274 e. The Morgan fingerprint density at radius 3 is 2.73 bits per heavy atom. The molecule has 2 aliphatic rings. The third-order valence-corrected chi connectivity index (χ3v) is 6.19. The molecule has 1 saturated heterocycles. The summed E-state index contributed by atoms with van der Waals surface area (Å²) in [6.07, 6.45) is 3.26. The van der Waals surface area contributed by atoms with Crippen molar-refractivity contribution in [2.45, 2.75) is 38.2 Å². The topological polar surface area (TPSA) is 85.5 Å². The molecule has 0 spiro atoms. The van der Waals surface area contributed by atoms with E-state index in [1.165, 1.54) is 11.3 Å². The van der Waals surface area contributed by atoms with Crippen molar-refractivity contribution < 1.29 is 14.3 Å². The van der Waals surface area contributed by atoms with Gasteiger partial charge in [0.25, 0.3) is 5.91 Å². The third kappa shape index (κ3) is 2.76. The Balaban J connectivity index is 1.78. The van der Waals surface area contributed by atoms with Crippen LogP contribution >= 0.6 is 11.3 Å². The standard InChI is InChI=1S/C19H21N3O3S/c1-12-11-26-17(21-12)19(18(24)22-8-2-3-9-22)7-6-13-4-5-14(16(20)23)10-15(13)25-19/h4-5,10-11H,2-3,6-9H2,1H3,(H2,20,23). The lowest BCUT2D eigenvalue weighted by Gasteiger charge is -2.38. The summed E-state index contributed by atoms with van der Waals surface area (Å²) in [5.41, 5.74) is 6.52. The number of aryl methyl sites for hydroxylation is 2. The highest BCUT2D eigenvalue weighted by molar-refractivity contribution is 7.10. The number of likely N-dealkylation sites (tertiary alicyclic amines) is 1. The normalized spacial score (nSPS) is 22.0. The van der Waals surface area contributed by atoms with Crippen LogP contribution in [0.4, 0.5) is 0 Å². The summed E-state index contributed by atoms with van der Waals surface area (Å²) in [6, 6.07) is 5.20. The molecule has 2 amide bonds. The van der Waals surface area contributed by atoms with Gasteiger partial charge in [0.15, 0.2) is 0 Å². The number of hydrogen-bond donors (Lipinski definition) is 1. The number of hydrogen-bond acceptors (Lipinski definition) is 5. The van der Waals surface area contributed by atoms with Gasteiger partial charge in [-0.1, -0.05) is 6.07 Å². The molecule has 7 heteroatoms. The molecule has 0 bridgehead atoms. The molecule has 136 valence electrons. The van der Waals surface area contributed by atoms with Crippen LogP contribution in [0.25, 0.3) is 0 Å².